The van der Waals surface area contributed by atoms with Crippen molar-refractivity contribution in [1.29, 1.82) is 0 Å². The van der Waals surface area contributed by atoms with E-state index in [0.29, 0.717) is 5.69 Å². The molecule has 4 aliphatic rings. The minimum absolute atomic E-state index is 0.0537. The van der Waals surface area contributed by atoms with Crippen LogP contribution in [0.2, 0.25) is 0 Å². The highest BCUT2D eigenvalue weighted by Gasteiger charge is 2.61. The Bertz CT molecular complexity index is 1500. The van der Waals surface area contributed by atoms with Gasteiger partial charge >= 0.3 is 0 Å². The molecule has 12 heteroatoms. The number of likely N-dealkylation sites (N-methyl/N-ethyl adjacent to an activating group) is 1. The number of aliphatic hydroxyl groups excluding tert-OH is 3. The number of ketones is 2. The van der Waals surface area contributed by atoms with Gasteiger partial charge in [0.15, 0.2) is 11.4 Å². The number of hydroxylamine groups is 2. The third-order valence-electron chi connectivity index (χ3n) is 8.84. The predicted octanol–water partition coefficient (Wildman–Crippen LogP) is 1.62. The van der Waals surface area contributed by atoms with Gasteiger partial charge in [-0.05, 0) is 42.5 Å². The van der Waals surface area contributed by atoms with Crippen LogP contribution in [0.5, 0.6) is 0 Å². The summed E-state index contributed by atoms with van der Waals surface area (Å²) in [7, 11) is 1.35. The molecule has 5 atom stereocenters. The van der Waals surface area contributed by atoms with E-state index in [-0.39, 0.29) is 42.7 Å². The van der Waals surface area contributed by atoms with Gasteiger partial charge in [-0.3, -0.25) is 19.2 Å². The molecule has 8 N–H and O–H groups in total. The molecule has 5 rings (SSSR count). The predicted molar refractivity (Wildman–Crippen MR) is 143 cm³/mol. The smallest absolute Gasteiger partial charge is 0.255 e. The molecule has 4 aliphatic carbocycles. The number of anilines is 1. The number of carbonyl (C=O) groups is 4. The lowest BCUT2D eigenvalue weighted by Crippen LogP contribution is -2.58. The minimum Gasteiger partial charge on any atom is -0.508 e. The molecule has 2 amide bonds. The van der Waals surface area contributed by atoms with Crippen LogP contribution in [-0.4, -0.2) is 73.3 Å². The Labute approximate surface area is 234 Å². The zero-order valence-corrected chi connectivity index (χ0v) is 22.4. The number of Topliss-reactive ketones (excluding diaryl/α,β-unsaturated/α-hetero) is 2. The molecule has 1 aromatic carbocycles. The Balaban J connectivity index is 1.53. The molecule has 0 aromatic heterocycles. The molecule has 12 nitrogen and oxygen atoms in total. The number of nitrogens with two attached hydrogens (primary N) is 1. The van der Waals surface area contributed by atoms with Crippen molar-refractivity contribution in [1.82, 2.24) is 5.06 Å². The second-order valence-corrected chi connectivity index (χ2v) is 11.3. The Morgan fingerprint density at radius 1 is 1.10 bits per heavy atom. The summed E-state index contributed by atoms with van der Waals surface area (Å²) in [5.74, 6) is -7.56. The van der Waals surface area contributed by atoms with Gasteiger partial charge in [0.2, 0.25) is 11.7 Å². The number of fused-ring (bicyclic) bond motifs is 3. The number of benzene rings is 1. The van der Waals surface area contributed by atoms with Crippen molar-refractivity contribution in [3.05, 3.63) is 76.0 Å². The summed E-state index contributed by atoms with van der Waals surface area (Å²) in [6, 6.07) is 6.96. The highest BCUT2D eigenvalue weighted by molar-refractivity contribution is 6.22. The summed E-state index contributed by atoms with van der Waals surface area (Å²) in [4.78, 5) is 50.1. The molecular formula is C29H31N3O9. The van der Waals surface area contributed by atoms with E-state index in [9.17, 15) is 44.8 Å². The Morgan fingerprint density at radius 3 is 2.37 bits per heavy atom. The van der Waals surface area contributed by atoms with Crippen molar-refractivity contribution >= 4 is 29.1 Å². The van der Waals surface area contributed by atoms with Crippen molar-refractivity contribution in [3.63, 3.8) is 0 Å². The Morgan fingerprint density at radius 2 is 1.76 bits per heavy atom. The first kappa shape index (κ1) is 28.3. The number of allylic oxidation sites excluding steroid dienone is 3. The van der Waals surface area contributed by atoms with Gasteiger partial charge in [-0.1, -0.05) is 25.1 Å². The van der Waals surface area contributed by atoms with Crippen molar-refractivity contribution < 1.29 is 44.8 Å². The highest BCUT2D eigenvalue weighted by Crippen LogP contribution is 2.57. The lowest BCUT2D eigenvalue weighted by Gasteiger charge is -2.50. The van der Waals surface area contributed by atoms with Gasteiger partial charge in [-0.15, -0.1) is 0 Å². The maximum absolute atomic E-state index is 13.7. The van der Waals surface area contributed by atoms with Gasteiger partial charge < -0.3 is 36.7 Å². The van der Waals surface area contributed by atoms with E-state index in [2.05, 4.69) is 5.32 Å². The number of nitrogens with one attached hydrogen (secondary N) is 1. The summed E-state index contributed by atoms with van der Waals surface area (Å²) >= 11 is 0. The van der Waals surface area contributed by atoms with E-state index >= 15 is 0 Å². The van der Waals surface area contributed by atoms with Crippen molar-refractivity contribution in [2.75, 3.05) is 18.9 Å². The van der Waals surface area contributed by atoms with Gasteiger partial charge in [0.05, 0.1) is 0 Å². The molecule has 0 heterocycles. The third-order valence-corrected chi connectivity index (χ3v) is 8.84. The monoisotopic (exact) mass is 565 g/mol. The number of amides is 2. The summed E-state index contributed by atoms with van der Waals surface area (Å²) in [5.41, 5.74) is 2.21. The summed E-state index contributed by atoms with van der Waals surface area (Å²) in [6.45, 7) is 1.69. The average molecular weight is 566 g/mol. The van der Waals surface area contributed by atoms with Gasteiger partial charge in [0.1, 0.15) is 29.4 Å². The van der Waals surface area contributed by atoms with Crippen LogP contribution < -0.4 is 11.1 Å². The fourth-order valence-electron chi connectivity index (χ4n) is 6.79. The molecule has 216 valence electrons. The highest BCUT2D eigenvalue weighted by atomic mass is 16.5. The molecule has 0 radical (unpaired) electrons. The van der Waals surface area contributed by atoms with Crippen molar-refractivity contribution in [2.45, 2.75) is 37.2 Å². The molecule has 1 fully saturated rings. The van der Waals surface area contributed by atoms with Gasteiger partial charge in [-0.2, -0.15) is 5.06 Å². The topological polar surface area (TPSA) is 211 Å². The number of rotatable bonds is 5. The molecular weight excluding hydrogens is 534 g/mol. The fourth-order valence-corrected chi connectivity index (χ4v) is 6.79. The van der Waals surface area contributed by atoms with E-state index in [1.807, 2.05) is 6.92 Å². The maximum Gasteiger partial charge on any atom is 0.255 e. The number of hydrogen-bond acceptors (Lipinski definition) is 10. The maximum atomic E-state index is 13.7. The van der Waals surface area contributed by atoms with Crippen LogP contribution in [0.1, 0.15) is 31.7 Å². The Kier molecular flexibility index (Phi) is 6.68. The average Bonchev–Trinajstić information content (AvgIpc) is 2.88. The first-order valence-corrected chi connectivity index (χ1v) is 13.1. The van der Waals surface area contributed by atoms with E-state index in [4.69, 9.17) is 5.73 Å². The molecule has 0 bridgehead atoms. The van der Waals surface area contributed by atoms with Crippen LogP contribution in [0, 0.1) is 17.8 Å². The molecule has 1 saturated carbocycles. The normalized spacial score (nSPS) is 31.2. The van der Waals surface area contributed by atoms with Crippen LogP contribution in [0.15, 0.2) is 70.4 Å². The van der Waals surface area contributed by atoms with Crippen LogP contribution >= 0.6 is 0 Å². The fraction of sp³-hybridized carbons (Fsp3) is 0.379. The van der Waals surface area contributed by atoms with Crippen LogP contribution in [0.3, 0.4) is 0 Å². The van der Waals surface area contributed by atoms with E-state index in [1.165, 1.54) is 13.1 Å². The van der Waals surface area contributed by atoms with Crippen LogP contribution in [0.25, 0.3) is 0 Å². The second kappa shape index (κ2) is 9.68. The van der Waals surface area contributed by atoms with Crippen molar-refractivity contribution in [2.24, 2.45) is 23.5 Å². The lowest BCUT2D eigenvalue weighted by atomic mass is 9.54. The number of carbonyl (C=O) groups excluding carboxylic acids is 4. The number of nitrogens with zero attached hydrogens (tertiary/aromatic N) is 1. The number of primary amides is 1. The summed E-state index contributed by atoms with van der Waals surface area (Å²) in [5, 5.41) is 57.1. The van der Waals surface area contributed by atoms with Crippen LogP contribution in [0.4, 0.5) is 5.69 Å². The summed E-state index contributed by atoms with van der Waals surface area (Å²) < 4.78 is 0. The Hall–Kier alpha value is -4.26. The molecule has 0 spiro atoms. The van der Waals surface area contributed by atoms with Gasteiger partial charge in [0.25, 0.3) is 5.91 Å². The molecule has 0 aliphatic heterocycles. The van der Waals surface area contributed by atoms with Crippen LogP contribution in [-0.2, 0) is 24.6 Å². The lowest BCUT2D eigenvalue weighted by molar-refractivity contribution is -0.148. The third kappa shape index (κ3) is 4.26. The van der Waals surface area contributed by atoms with E-state index in [0.717, 1.165) is 10.6 Å². The molecule has 41 heavy (non-hydrogen) atoms. The molecule has 3 unspecified atom stereocenters. The van der Waals surface area contributed by atoms with Gasteiger partial charge in [0, 0.05) is 47.6 Å². The zero-order chi connectivity index (χ0) is 30.0. The quantitative estimate of drug-likeness (QED) is 0.202. The number of aliphatic hydroxyl groups is 4. The second-order valence-electron chi connectivity index (χ2n) is 11.3. The summed E-state index contributed by atoms with van der Waals surface area (Å²) in [6.07, 6.45) is 3.15. The standard InChI is InChI=1S/C29H31N3O9/c1-28(14-3-5-16(6-4-14)31-20(35)12-32(2)41)8-7-18(33)22-17(28)10-13-9-15-11-19(34)23(27(30)39)26(38)29(15,40)25(37)21(13)24(22)36/h3-8,13,15,17,33,36,38,40-41H,9-12H2,1-2H3,(H2,30,39)(H,31,35)/t13-,15?,17?,28?,29+/m1/s1. The first-order valence-electron chi connectivity index (χ1n) is 13.1. The van der Waals surface area contributed by atoms with Gasteiger partial charge in [-0.25, -0.2) is 0 Å². The SMILES string of the molecule is CN(O)CC(=O)Nc1ccc(C2(C)C=CC(O)=C3C(O)=C4C(=O)[C@]5(O)C(O)=C(C(N)=O)C(=O)CC5C[C@@H]4CC32)cc1. The first-order chi connectivity index (χ1) is 19.2. The number of hydrogen-bond donors (Lipinski definition) is 7. The zero-order valence-electron chi connectivity index (χ0n) is 22.4. The molecule has 0 saturated heterocycles. The minimum atomic E-state index is -2.61. The largest absolute Gasteiger partial charge is 0.508 e. The van der Waals surface area contributed by atoms with E-state index in [1.54, 1.807) is 30.3 Å². The van der Waals surface area contributed by atoms with Crippen molar-refractivity contribution in [3.8, 4) is 0 Å². The molecule has 1 aromatic rings. The van der Waals surface area contributed by atoms with E-state index < -0.39 is 69.2 Å².